The third-order valence-corrected chi connectivity index (χ3v) is 3.10. The van der Waals surface area contributed by atoms with Crippen molar-refractivity contribution in [3.05, 3.63) is 54.3 Å². The molecule has 0 saturated heterocycles. The maximum Gasteiger partial charge on any atom is 0.253 e. The minimum absolute atomic E-state index is 0.327. The van der Waals surface area contributed by atoms with Crippen molar-refractivity contribution in [2.75, 3.05) is 5.32 Å². The molecule has 5 nitrogen and oxygen atoms in total. The predicted octanol–water partition coefficient (Wildman–Crippen LogP) is 3.09. The van der Waals surface area contributed by atoms with Crippen LogP contribution in [0.25, 0.3) is 16.8 Å². The van der Waals surface area contributed by atoms with Gasteiger partial charge in [-0.2, -0.15) is 4.98 Å². The van der Waals surface area contributed by atoms with Crippen LogP contribution in [0.2, 0.25) is 0 Å². The van der Waals surface area contributed by atoms with Gasteiger partial charge in [0.05, 0.1) is 16.7 Å². The number of halogens is 1. The summed E-state index contributed by atoms with van der Waals surface area (Å²) < 4.78 is 15.3. The van der Waals surface area contributed by atoms with Gasteiger partial charge in [0.25, 0.3) is 5.78 Å². The number of aromatic nitrogens is 4. The van der Waals surface area contributed by atoms with Crippen molar-refractivity contribution in [3.8, 4) is 0 Å². The molecular formula is C14H10FN5. The van der Waals surface area contributed by atoms with Crippen LogP contribution in [0.3, 0.4) is 0 Å². The van der Waals surface area contributed by atoms with Gasteiger partial charge in [0.1, 0.15) is 5.82 Å². The zero-order valence-electron chi connectivity index (χ0n) is 10.3. The van der Waals surface area contributed by atoms with E-state index in [1.165, 1.54) is 6.07 Å². The van der Waals surface area contributed by atoms with Gasteiger partial charge in [-0.3, -0.25) is 5.10 Å². The Balaban J connectivity index is 1.80. The van der Waals surface area contributed by atoms with E-state index in [0.29, 0.717) is 17.4 Å². The quantitative estimate of drug-likeness (QED) is 0.586. The highest BCUT2D eigenvalue weighted by molar-refractivity contribution is 5.79. The third kappa shape index (κ3) is 1.62. The summed E-state index contributed by atoms with van der Waals surface area (Å²) in [4.78, 5) is 8.69. The van der Waals surface area contributed by atoms with Gasteiger partial charge >= 0.3 is 0 Å². The van der Waals surface area contributed by atoms with Crippen LogP contribution in [0.5, 0.6) is 0 Å². The fourth-order valence-corrected chi connectivity index (χ4v) is 2.18. The van der Waals surface area contributed by atoms with Crippen LogP contribution in [-0.2, 0) is 0 Å². The maximum atomic E-state index is 13.6. The highest BCUT2D eigenvalue weighted by Crippen LogP contribution is 2.20. The molecule has 0 amide bonds. The smallest absolute Gasteiger partial charge is 0.253 e. The molecule has 4 aromatic rings. The SMILES string of the molecule is Fc1ccccc1Nc1nc2nc3ccccc3n2[nH]1. The second-order valence-electron chi connectivity index (χ2n) is 4.41. The van der Waals surface area contributed by atoms with Crippen LogP contribution >= 0.6 is 0 Å². The van der Waals surface area contributed by atoms with E-state index in [9.17, 15) is 4.39 Å². The molecule has 20 heavy (non-hydrogen) atoms. The standard InChI is InChI=1S/C14H10FN5/c15-9-5-1-2-6-10(9)16-13-18-14-17-11-7-3-4-8-12(11)20(14)19-13/h1-8H,(H2,16,17,18,19). The molecular weight excluding hydrogens is 257 g/mol. The Kier molecular flexibility index (Phi) is 2.23. The molecule has 0 fully saturated rings. The van der Waals surface area contributed by atoms with Crippen molar-refractivity contribution in [1.29, 1.82) is 0 Å². The number of nitrogens with one attached hydrogen (secondary N) is 2. The Hall–Kier alpha value is -2.89. The first-order valence-electron chi connectivity index (χ1n) is 6.16. The van der Waals surface area contributed by atoms with E-state index < -0.39 is 0 Å². The highest BCUT2D eigenvalue weighted by Gasteiger charge is 2.10. The lowest BCUT2D eigenvalue weighted by molar-refractivity contribution is 0.631. The van der Waals surface area contributed by atoms with Gasteiger partial charge < -0.3 is 5.32 Å². The number of imidazole rings is 1. The van der Waals surface area contributed by atoms with Crippen molar-refractivity contribution < 1.29 is 4.39 Å². The van der Waals surface area contributed by atoms with Gasteiger partial charge in [-0.05, 0) is 24.3 Å². The van der Waals surface area contributed by atoms with Gasteiger partial charge in [0.15, 0.2) is 0 Å². The minimum Gasteiger partial charge on any atom is -0.322 e. The topological polar surface area (TPSA) is 58.0 Å². The fourth-order valence-electron chi connectivity index (χ4n) is 2.18. The normalized spacial score (nSPS) is 11.2. The first-order chi connectivity index (χ1) is 9.81. The zero-order chi connectivity index (χ0) is 13.5. The number of H-pyrrole nitrogens is 1. The number of rotatable bonds is 2. The largest absolute Gasteiger partial charge is 0.322 e. The lowest BCUT2D eigenvalue weighted by atomic mass is 10.3. The second kappa shape index (κ2) is 4.06. The fraction of sp³-hybridized carbons (Fsp3) is 0. The molecule has 2 N–H and O–H groups in total. The van der Waals surface area contributed by atoms with Crippen molar-refractivity contribution in [2.24, 2.45) is 0 Å². The molecule has 2 aromatic heterocycles. The molecule has 0 aliphatic heterocycles. The minimum atomic E-state index is -0.327. The molecule has 2 heterocycles. The molecule has 0 bridgehead atoms. The summed E-state index contributed by atoms with van der Waals surface area (Å²) in [5.74, 6) is 0.666. The molecule has 98 valence electrons. The molecule has 0 radical (unpaired) electrons. The second-order valence-corrected chi connectivity index (χ2v) is 4.41. The van der Waals surface area contributed by atoms with Crippen molar-refractivity contribution in [2.45, 2.75) is 0 Å². The average molecular weight is 267 g/mol. The van der Waals surface area contributed by atoms with Gasteiger partial charge in [0.2, 0.25) is 5.95 Å². The van der Waals surface area contributed by atoms with Crippen LogP contribution in [0.1, 0.15) is 0 Å². The number of nitrogens with zero attached hydrogens (tertiary/aromatic N) is 3. The Bertz CT molecular complexity index is 908. The summed E-state index contributed by atoms with van der Waals surface area (Å²) >= 11 is 0. The number of hydrogen-bond donors (Lipinski definition) is 2. The average Bonchev–Trinajstić information content (AvgIpc) is 2.98. The molecule has 0 atom stereocenters. The monoisotopic (exact) mass is 267 g/mol. The number of benzene rings is 2. The van der Waals surface area contributed by atoms with Crippen molar-refractivity contribution >= 4 is 28.4 Å². The first kappa shape index (κ1) is 11.0. The van der Waals surface area contributed by atoms with Gasteiger partial charge in [0, 0.05) is 0 Å². The van der Waals surface area contributed by atoms with Crippen LogP contribution in [-0.4, -0.2) is 19.6 Å². The molecule has 2 aromatic carbocycles. The van der Waals surface area contributed by atoms with Crippen LogP contribution < -0.4 is 5.32 Å². The van der Waals surface area contributed by atoms with Crippen molar-refractivity contribution in [3.63, 3.8) is 0 Å². The number of fused-ring (bicyclic) bond motifs is 3. The summed E-state index contributed by atoms with van der Waals surface area (Å²) in [6.07, 6.45) is 0. The first-order valence-corrected chi connectivity index (χ1v) is 6.16. The summed E-state index contributed by atoms with van der Waals surface area (Å²) in [6.45, 7) is 0. The number of aromatic amines is 1. The van der Waals surface area contributed by atoms with Crippen LogP contribution in [0.15, 0.2) is 48.5 Å². The highest BCUT2D eigenvalue weighted by atomic mass is 19.1. The molecule has 0 spiro atoms. The molecule has 0 unspecified atom stereocenters. The van der Waals surface area contributed by atoms with E-state index in [-0.39, 0.29) is 5.82 Å². The van der Waals surface area contributed by atoms with E-state index >= 15 is 0 Å². The van der Waals surface area contributed by atoms with E-state index in [4.69, 9.17) is 0 Å². The Morgan fingerprint density at radius 1 is 1.00 bits per heavy atom. The summed E-state index contributed by atoms with van der Waals surface area (Å²) in [7, 11) is 0. The van der Waals surface area contributed by atoms with Crippen LogP contribution in [0.4, 0.5) is 16.0 Å². The van der Waals surface area contributed by atoms with E-state index in [0.717, 1.165) is 11.0 Å². The third-order valence-electron chi connectivity index (χ3n) is 3.10. The molecule has 0 aliphatic carbocycles. The number of para-hydroxylation sites is 3. The van der Waals surface area contributed by atoms with E-state index in [1.54, 1.807) is 22.7 Å². The molecule has 6 heteroatoms. The molecule has 0 aliphatic rings. The summed E-state index contributed by atoms with van der Waals surface area (Å²) in [5, 5.41) is 5.97. The number of anilines is 2. The molecule has 0 saturated carbocycles. The van der Waals surface area contributed by atoms with Gasteiger partial charge in [-0.1, -0.05) is 24.3 Å². The summed E-state index contributed by atoms with van der Waals surface area (Å²) in [5.41, 5.74) is 2.16. The maximum absolute atomic E-state index is 13.6. The van der Waals surface area contributed by atoms with Crippen molar-refractivity contribution in [1.82, 2.24) is 19.6 Å². The zero-order valence-corrected chi connectivity index (χ0v) is 10.3. The summed E-state index contributed by atoms with van der Waals surface area (Å²) in [6, 6.07) is 14.2. The van der Waals surface area contributed by atoms with Crippen LogP contribution in [0, 0.1) is 5.82 Å². The predicted molar refractivity (Wildman–Crippen MR) is 74.5 cm³/mol. The number of hydrogen-bond acceptors (Lipinski definition) is 3. The van der Waals surface area contributed by atoms with Gasteiger partial charge in [-0.25, -0.2) is 13.9 Å². The Morgan fingerprint density at radius 3 is 2.70 bits per heavy atom. The van der Waals surface area contributed by atoms with Gasteiger partial charge in [-0.15, -0.1) is 0 Å². The Morgan fingerprint density at radius 2 is 1.80 bits per heavy atom. The molecule has 4 rings (SSSR count). The lowest BCUT2D eigenvalue weighted by Gasteiger charge is -2.02. The van der Waals surface area contributed by atoms with E-state index in [1.807, 2.05) is 24.3 Å². The van der Waals surface area contributed by atoms with E-state index in [2.05, 4.69) is 20.4 Å². The lowest BCUT2D eigenvalue weighted by Crippen LogP contribution is -1.96. The Labute approximate surface area is 113 Å².